The fraction of sp³-hybridized carbons (Fsp3) is 0.158. The number of anilines is 1. The van der Waals surface area contributed by atoms with Crippen molar-refractivity contribution in [2.45, 2.75) is 12.3 Å². The number of nitrogens with zero attached hydrogens (tertiary/aromatic N) is 1. The van der Waals surface area contributed by atoms with Crippen LogP contribution < -0.4 is 4.90 Å². The van der Waals surface area contributed by atoms with Crippen molar-refractivity contribution in [2.24, 2.45) is 0 Å². The monoisotopic (exact) mass is 375 g/mol. The van der Waals surface area contributed by atoms with Gasteiger partial charge in [0.05, 0.1) is 17.0 Å². The van der Waals surface area contributed by atoms with Crippen LogP contribution in [-0.4, -0.2) is 18.5 Å². The maximum Gasteiger partial charge on any atom is 0.336 e. The van der Waals surface area contributed by atoms with Crippen LogP contribution in [0.5, 0.6) is 0 Å². The Morgan fingerprint density at radius 2 is 1.88 bits per heavy atom. The normalized spacial score (nSPS) is 19.7. The summed E-state index contributed by atoms with van der Waals surface area (Å²) in [6.45, 7) is -0.140. The Hall–Kier alpha value is -2.73. The molecule has 0 N–H and O–H groups in total. The van der Waals surface area contributed by atoms with Crippen LogP contribution in [0.15, 0.2) is 53.7 Å². The maximum absolute atomic E-state index is 14.4. The summed E-state index contributed by atoms with van der Waals surface area (Å²) >= 11 is 6.13. The van der Waals surface area contributed by atoms with Gasteiger partial charge in [-0.2, -0.15) is 0 Å². The average molecular weight is 376 g/mol. The third kappa shape index (κ3) is 2.57. The molecule has 132 valence electrons. The lowest BCUT2D eigenvalue weighted by molar-refractivity contribution is -0.136. The van der Waals surface area contributed by atoms with Crippen molar-refractivity contribution in [3.63, 3.8) is 0 Å². The minimum Gasteiger partial charge on any atom is -0.456 e. The summed E-state index contributed by atoms with van der Waals surface area (Å²) in [7, 11) is 0. The van der Waals surface area contributed by atoms with E-state index in [0.29, 0.717) is 11.4 Å². The zero-order chi connectivity index (χ0) is 18.4. The van der Waals surface area contributed by atoms with Crippen LogP contribution in [0.2, 0.25) is 5.02 Å². The first kappa shape index (κ1) is 16.7. The van der Waals surface area contributed by atoms with Gasteiger partial charge >= 0.3 is 5.97 Å². The fourth-order valence-electron chi connectivity index (χ4n) is 3.46. The Kier molecular flexibility index (Phi) is 4.00. The Morgan fingerprint density at radius 3 is 2.62 bits per heavy atom. The van der Waals surface area contributed by atoms with E-state index in [9.17, 15) is 18.4 Å². The Labute approximate surface area is 152 Å². The summed E-state index contributed by atoms with van der Waals surface area (Å²) in [6, 6.07) is 9.66. The van der Waals surface area contributed by atoms with E-state index < -0.39 is 29.4 Å². The standard InChI is InChI=1S/C19H12ClF2NO3/c20-13-5-2-6-14(22)17(13)12-8-16(24)23(11-4-1-3-10(21)7-11)15-9-26-19(25)18(12)15/h1-7,12H,8-9H2. The van der Waals surface area contributed by atoms with Crippen molar-refractivity contribution in [3.05, 3.63) is 76.0 Å². The summed E-state index contributed by atoms with van der Waals surface area (Å²) in [5.41, 5.74) is 0.855. The molecule has 0 bridgehead atoms. The molecule has 1 unspecified atom stereocenters. The lowest BCUT2D eigenvalue weighted by atomic mass is 9.83. The zero-order valence-electron chi connectivity index (χ0n) is 13.3. The van der Waals surface area contributed by atoms with E-state index in [1.807, 2.05) is 0 Å². The van der Waals surface area contributed by atoms with Crippen molar-refractivity contribution < 1.29 is 23.1 Å². The highest BCUT2D eigenvalue weighted by Crippen LogP contribution is 2.44. The van der Waals surface area contributed by atoms with Crippen LogP contribution in [0.25, 0.3) is 0 Å². The number of halogens is 3. The second kappa shape index (κ2) is 6.21. The third-order valence-corrected chi connectivity index (χ3v) is 4.86. The van der Waals surface area contributed by atoms with Crippen LogP contribution in [-0.2, 0) is 14.3 Å². The van der Waals surface area contributed by atoms with Gasteiger partial charge in [0, 0.05) is 22.9 Å². The SMILES string of the molecule is O=C1OCC2=C1C(c1c(F)cccc1Cl)CC(=O)N2c1cccc(F)c1. The van der Waals surface area contributed by atoms with Gasteiger partial charge in [0.2, 0.25) is 5.91 Å². The molecule has 2 aliphatic rings. The van der Waals surface area contributed by atoms with Gasteiger partial charge in [-0.05, 0) is 30.3 Å². The first-order valence-electron chi connectivity index (χ1n) is 7.90. The number of carbonyl (C=O) groups is 2. The molecule has 4 nitrogen and oxygen atoms in total. The lowest BCUT2D eigenvalue weighted by Gasteiger charge is -2.32. The van der Waals surface area contributed by atoms with Crippen molar-refractivity contribution in [2.75, 3.05) is 11.5 Å². The van der Waals surface area contributed by atoms with Gasteiger partial charge in [-0.15, -0.1) is 0 Å². The number of hydrogen-bond acceptors (Lipinski definition) is 3. The van der Waals surface area contributed by atoms with E-state index in [0.717, 1.165) is 0 Å². The highest BCUT2D eigenvalue weighted by atomic mass is 35.5. The highest BCUT2D eigenvalue weighted by molar-refractivity contribution is 6.31. The van der Waals surface area contributed by atoms with E-state index in [1.165, 1.54) is 41.3 Å². The predicted molar refractivity (Wildman–Crippen MR) is 90.6 cm³/mol. The molecule has 0 spiro atoms. The Morgan fingerprint density at radius 1 is 1.12 bits per heavy atom. The Bertz CT molecular complexity index is 953. The second-order valence-corrected chi connectivity index (χ2v) is 6.44. The number of hydrogen-bond donors (Lipinski definition) is 0. The topological polar surface area (TPSA) is 46.6 Å². The molecule has 0 aliphatic carbocycles. The number of cyclic esters (lactones) is 1. The molecule has 2 aromatic carbocycles. The minimum atomic E-state index is -0.842. The van der Waals surface area contributed by atoms with Crippen LogP contribution >= 0.6 is 11.6 Å². The number of rotatable bonds is 2. The summed E-state index contributed by atoms with van der Waals surface area (Å²) in [6.07, 6.45) is -0.175. The number of esters is 1. The van der Waals surface area contributed by atoms with E-state index in [1.54, 1.807) is 6.07 Å². The van der Waals surface area contributed by atoms with Crippen molar-refractivity contribution in [1.29, 1.82) is 0 Å². The second-order valence-electron chi connectivity index (χ2n) is 6.04. The molecule has 26 heavy (non-hydrogen) atoms. The molecular weight excluding hydrogens is 364 g/mol. The van der Waals surface area contributed by atoms with E-state index in [4.69, 9.17) is 16.3 Å². The number of amides is 1. The van der Waals surface area contributed by atoms with Gasteiger partial charge in [-0.1, -0.05) is 23.7 Å². The van der Waals surface area contributed by atoms with Gasteiger partial charge in [0.25, 0.3) is 0 Å². The summed E-state index contributed by atoms with van der Waals surface area (Å²) in [4.78, 5) is 26.4. The molecule has 0 radical (unpaired) electrons. The first-order chi connectivity index (χ1) is 12.5. The Balaban J connectivity index is 1.89. The van der Waals surface area contributed by atoms with Crippen LogP contribution in [0.4, 0.5) is 14.5 Å². The molecule has 2 heterocycles. The molecular formula is C19H12ClF2NO3. The first-order valence-corrected chi connectivity index (χ1v) is 8.27. The minimum absolute atomic E-state index is 0.0905. The quantitative estimate of drug-likeness (QED) is 0.747. The van der Waals surface area contributed by atoms with Crippen LogP contribution in [0.3, 0.4) is 0 Å². The molecule has 0 fully saturated rings. The average Bonchev–Trinajstić information content (AvgIpc) is 2.96. The molecule has 0 saturated carbocycles. The van der Waals surface area contributed by atoms with E-state index in [-0.39, 0.29) is 29.2 Å². The van der Waals surface area contributed by atoms with Crippen LogP contribution in [0, 0.1) is 11.6 Å². The van der Waals surface area contributed by atoms with E-state index >= 15 is 0 Å². The van der Waals surface area contributed by atoms with E-state index in [2.05, 4.69) is 0 Å². The summed E-state index contributed by atoms with van der Waals surface area (Å²) in [5.74, 6) is -2.97. The van der Waals surface area contributed by atoms with Crippen molar-refractivity contribution in [1.82, 2.24) is 0 Å². The molecule has 0 saturated heterocycles. The van der Waals surface area contributed by atoms with Crippen LogP contribution in [0.1, 0.15) is 17.9 Å². The zero-order valence-corrected chi connectivity index (χ0v) is 14.1. The fourth-order valence-corrected chi connectivity index (χ4v) is 3.75. The molecule has 1 amide bonds. The maximum atomic E-state index is 14.4. The largest absolute Gasteiger partial charge is 0.456 e. The molecule has 0 aromatic heterocycles. The summed E-state index contributed by atoms with van der Waals surface area (Å²) in [5, 5.41) is 0.133. The van der Waals surface area contributed by atoms with Gasteiger partial charge < -0.3 is 4.74 Å². The van der Waals surface area contributed by atoms with Gasteiger partial charge in [-0.3, -0.25) is 9.69 Å². The molecule has 2 aromatic rings. The van der Waals surface area contributed by atoms with Gasteiger partial charge in [0.15, 0.2) is 0 Å². The number of carbonyl (C=O) groups excluding carboxylic acids is 2. The smallest absolute Gasteiger partial charge is 0.336 e. The van der Waals surface area contributed by atoms with Gasteiger partial charge in [0.1, 0.15) is 18.2 Å². The number of ether oxygens (including phenoxy) is 1. The molecule has 4 rings (SSSR count). The predicted octanol–water partition coefficient (Wildman–Crippen LogP) is 3.95. The molecule has 7 heteroatoms. The third-order valence-electron chi connectivity index (χ3n) is 4.53. The highest BCUT2D eigenvalue weighted by Gasteiger charge is 2.44. The van der Waals surface area contributed by atoms with Crippen molar-refractivity contribution >= 4 is 29.2 Å². The number of benzene rings is 2. The molecule has 2 aliphatic heterocycles. The van der Waals surface area contributed by atoms with Crippen molar-refractivity contribution in [3.8, 4) is 0 Å². The van der Waals surface area contributed by atoms with Gasteiger partial charge in [-0.25, -0.2) is 13.6 Å². The molecule has 1 atom stereocenters. The lowest BCUT2D eigenvalue weighted by Crippen LogP contribution is -2.37. The summed E-state index contributed by atoms with van der Waals surface area (Å²) < 4.78 is 33.1.